The average molecular weight is 210 g/mol. The number of carbonyl (C=O) groups excluding carboxylic acids is 1. The zero-order valence-corrected chi connectivity index (χ0v) is 8.48. The number of aryl methyl sites for hydroxylation is 1. The molecule has 0 saturated heterocycles. The van der Waals surface area contributed by atoms with Gasteiger partial charge in [0.2, 0.25) is 5.78 Å². The molecule has 66 valence electrons. The van der Waals surface area contributed by atoms with E-state index in [2.05, 4.69) is 8.75 Å². The third kappa shape index (κ3) is 1.52. The molecule has 0 aliphatic rings. The maximum absolute atomic E-state index is 11.7. The Bertz CT molecular complexity index is 419. The van der Waals surface area contributed by atoms with Crippen LogP contribution >= 0.6 is 23.1 Å². The molecular formula is C8H6N2OS2. The predicted molar refractivity (Wildman–Crippen MR) is 52.4 cm³/mol. The van der Waals surface area contributed by atoms with Crippen LogP contribution in [0.15, 0.2) is 17.6 Å². The van der Waals surface area contributed by atoms with Gasteiger partial charge in [0, 0.05) is 10.4 Å². The summed E-state index contributed by atoms with van der Waals surface area (Å²) >= 11 is 2.62. The lowest BCUT2D eigenvalue weighted by molar-refractivity contribution is 0.103. The lowest BCUT2D eigenvalue weighted by Crippen LogP contribution is -2.00. The fraction of sp³-hybridized carbons (Fsp3) is 0.125. The number of rotatable bonds is 2. The lowest BCUT2D eigenvalue weighted by Gasteiger charge is -1.93. The van der Waals surface area contributed by atoms with Crippen LogP contribution in [-0.4, -0.2) is 14.5 Å². The molecule has 0 saturated carbocycles. The highest BCUT2D eigenvalue weighted by molar-refractivity contribution is 7.10. The van der Waals surface area contributed by atoms with Crippen LogP contribution in [0.5, 0.6) is 0 Å². The van der Waals surface area contributed by atoms with Gasteiger partial charge in [0.25, 0.3) is 0 Å². The summed E-state index contributed by atoms with van der Waals surface area (Å²) in [5, 5.41) is 1.91. The third-order valence-corrected chi connectivity index (χ3v) is 3.02. The lowest BCUT2D eigenvalue weighted by atomic mass is 10.1. The van der Waals surface area contributed by atoms with Crippen molar-refractivity contribution in [2.75, 3.05) is 0 Å². The number of ketones is 1. The van der Waals surface area contributed by atoms with Gasteiger partial charge in [-0.2, -0.15) is 8.75 Å². The summed E-state index contributed by atoms with van der Waals surface area (Å²) in [7, 11) is 0. The van der Waals surface area contributed by atoms with Gasteiger partial charge < -0.3 is 0 Å². The summed E-state index contributed by atoms with van der Waals surface area (Å²) < 4.78 is 7.69. The molecule has 2 rings (SSSR count). The second-order valence-corrected chi connectivity index (χ2v) is 4.19. The van der Waals surface area contributed by atoms with E-state index in [-0.39, 0.29) is 5.78 Å². The third-order valence-electron chi connectivity index (χ3n) is 1.70. The highest BCUT2D eigenvalue weighted by atomic mass is 32.1. The summed E-state index contributed by atoms with van der Waals surface area (Å²) in [6.45, 7) is 1.93. The minimum absolute atomic E-state index is 0.0347. The Labute approximate surface area is 83.4 Å². The van der Waals surface area contributed by atoms with Gasteiger partial charge in [0.15, 0.2) is 0 Å². The van der Waals surface area contributed by atoms with Crippen molar-refractivity contribution in [1.29, 1.82) is 0 Å². The van der Waals surface area contributed by atoms with Crippen molar-refractivity contribution < 1.29 is 4.79 Å². The highest BCUT2D eigenvalue weighted by Gasteiger charge is 2.14. The number of hydrogen-bond donors (Lipinski definition) is 0. The molecule has 0 bridgehead atoms. The van der Waals surface area contributed by atoms with Crippen LogP contribution in [0.2, 0.25) is 0 Å². The Hall–Kier alpha value is -1.07. The van der Waals surface area contributed by atoms with Gasteiger partial charge in [-0.1, -0.05) is 0 Å². The normalized spacial score (nSPS) is 10.2. The molecule has 0 atom stereocenters. The SMILES string of the molecule is Cc1sccc1C(=O)c1cnsn1. The van der Waals surface area contributed by atoms with Crippen LogP contribution in [0.3, 0.4) is 0 Å². The standard InChI is InChI=1S/C8H6N2OS2/c1-5-6(2-3-12-5)8(11)7-4-9-13-10-7/h2-4H,1H3. The Balaban J connectivity index is 2.39. The molecule has 0 fully saturated rings. The molecule has 13 heavy (non-hydrogen) atoms. The summed E-state index contributed by atoms with van der Waals surface area (Å²) in [5.74, 6) is -0.0347. The van der Waals surface area contributed by atoms with Gasteiger partial charge >= 0.3 is 0 Å². The molecule has 0 spiro atoms. The van der Waals surface area contributed by atoms with E-state index in [1.54, 1.807) is 11.3 Å². The van der Waals surface area contributed by atoms with Crippen molar-refractivity contribution in [3.05, 3.63) is 33.8 Å². The quantitative estimate of drug-likeness (QED) is 0.713. The molecule has 0 amide bonds. The van der Waals surface area contributed by atoms with Crippen molar-refractivity contribution in [3.8, 4) is 0 Å². The van der Waals surface area contributed by atoms with E-state index in [1.165, 1.54) is 6.20 Å². The molecule has 0 unspecified atom stereocenters. The fourth-order valence-corrected chi connectivity index (χ4v) is 2.13. The van der Waals surface area contributed by atoms with Crippen LogP contribution in [0, 0.1) is 6.92 Å². The molecule has 2 heterocycles. The molecule has 2 aromatic rings. The van der Waals surface area contributed by atoms with Crippen LogP contribution < -0.4 is 0 Å². The Morgan fingerprint density at radius 2 is 2.38 bits per heavy atom. The van der Waals surface area contributed by atoms with E-state index in [9.17, 15) is 4.79 Å². The van der Waals surface area contributed by atoms with E-state index in [0.717, 1.165) is 22.2 Å². The maximum Gasteiger partial charge on any atom is 0.215 e. The van der Waals surface area contributed by atoms with Crippen LogP contribution in [0.1, 0.15) is 20.9 Å². The molecule has 2 aromatic heterocycles. The molecule has 0 aromatic carbocycles. The van der Waals surface area contributed by atoms with Crippen LogP contribution in [-0.2, 0) is 0 Å². The molecule has 0 radical (unpaired) electrons. The highest BCUT2D eigenvalue weighted by Crippen LogP contribution is 2.18. The van der Waals surface area contributed by atoms with Crippen molar-refractivity contribution in [2.45, 2.75) is 6.92 Å². The second kappa shape index (κ2) is 3.35. The number of carbonyl (C=O) groups is 1. The van der Waals surface area contributed by atoms with Gasteiger partial charge in [-0.05, 0) is 18.4 Å². The summed E-state index contributed by atoms with van der Waals surface area (Å²) in [4.78, 5) is 12.7. The summed E-state index contributed by atoms with van der Waals surface area (Å²) in [5.41, 5.74) is 1.17. The molecular weight excluding hydrogens is 204 g/mol. The summed E-state index contributed by atoms with van der Waals surface area (Å²) in [6, 6.07) is 1.82. The predicted octanol–water partition coefficient (Wildman–Crippen LogP) is 2.14. The molecule has 5 heteroatoms. The van der Waals surface area contributed by atoms with Crippen molar-refractivity contribution in [2.24, 2.45) is 0 Å². The van der Waals surface area contributed by atoms with Crippen LogP contribution in [0.25, 0.3) is 0 Å². The molecule has 0 N–H and O–H groups in total. The number of nitrogens with zero attached hydrogens (tertiary/aromatic N) is 2. The first-order chi connectivity index (χ1) is 6.29. The zero-order chi connectivity index (χ0) is 9.26. The smallest absolute Gasteiger partial charge is 0.215 e. The minimum atomic E-state index is -0.0347. The molecule has 0 aliphatic carbocycles. The first-order valence-corrected chi connectivity index (χ1v) is 5.26. The first-order valence-electron chi connectivity index (χ1n) is 3.65. The van der Waals surface area contributed by atoms with E-state index < -0.39 is 0 Å². The monoisotopic (exact) mass is 210 g/mol. The number of thiophene rings is 1. The van der Waals surface area contributed by atoms with Crippen molar-refractivity contribution >= 4 is 28.8 Å². The number of hydrogen-bond acceptors (Lipinski definition) is 5. The van der Waals surface area contributed by atoms with E-state index >= 15 is 0 Å². The van der Waals surface area contributed by atoms with Gasteiger partial charge in [-0.3, -0.25) is 4.79 Å². The van der Waals surface area contributed by atoms with Gasteiger partial charge in [0.1, 0.15) is 5.69 Å². The zero-order valence-electron chi connectivity index (χ0n) is 6.85. The fourth-order valence-electron chi connectivity index (χ4n) is 1.02. The van der Waals surface area contributed by atoms with E-state index in [4.69, 9.17) is 0 Å². The second-order valence-electron chi connectivity index (χ2n) is 2.51. The van der Waals surface area contributed by atoms with Crippen LogP contribution in [0.4, 0.5) is 0 Å². The average Bonchev–Trinajstić information content (AvgIpc) is 2.72. The van der Waals surface area contributed by atoms with Crippen molar-refractivity contribution in [3.63, 3.8) is 0 Å². The Morgan fingerprint density at radius 1 is 1.54 bits per heavy atom. The Kier molecular flexibility index (Phi) is 2.20. The van der Waals surface area contributed by atoms with Crippen molar-refractivity contribution in [1.82, 2.24) is 8.75 Å². The minimum Gasteiger partial charge on any atom is -0.287 e. The number of aromatic nitrogens is 2. The largest absolute Gasteiger partial charge is 0.287 e. The van der Waals surface area contributed by atoms with E-state index in [0.29, 0.717) is 5.69 Å². The van der Waals surface area contributed by atoms with Gasteiger partial charge in [-0.15, -0.1) is 11.3 Å². The van der Waals surface area contributed by atoms with E-state index in [1.807, 2.05) is 18.4 Å². The van der Waals surface area contributed by atoms with Gasteiger partial charge in [-0.25, -0.2) is 0 Å². The Morgan fingerprint density at radius 3 is 2.92 bits per heavy atom. The first kappa shape index (κ1) is 8.52. The maximum atomic E-state index is 11.7. The topological polar surface area (TPSA) is 42.9 Å². The summed E-state index contributed by atoms with van der Waals surface area (Å²) in [6.07, 6.45) is 1.50. The van der Waals surface area contributed by atoms with Gasteiger partial charge in [0.05, 0.1) is 17.9 Å². The molecule has 0 aliphatic heterocycles. The molecule has 3 nitrogen and oxygen atoms in total.